The summed E-state index contributed by atoms with van der Waals surface area (Å²) in [5.41, 5.74) is 6.71. The van der Waals surface area contributed by atoms with Crippen LogP contribution >= 0.6 is 24.0 Å². The lowest BCUT2D eigenvalue weighted by Gasteiger charge is -2.14. The van der Waals surface area contributed by atoms with Crippen LogP contribution in [0.1, 0.15) is 25.8 Å². The lowest BCUT2D eigenvalue weighted by molar-refractivity contribution is -0.122. The van der Waals surface area contributed by atoms with Gasteiger partial charge in [0.05, 0.1) is 18.2 Å². The highest BCUT2D eigenvalue weighted by molar-refractivity contribution is 6.32. The predicted octanol–water partition coefficient (Wildman–Crippen LogP) is 2.76. The standard InChI is InChI=1S/C14H21ClN2O2.ClH/c1-9(2)6-12(16)14(18)17-8-10-4-5-13(19-3)11(15)7-10;/h4-5,7,9,12H,6,8,16H2,1-3H3,(H,17,18);1H/t12-;/m0./s1. The number of nitrogens with two attached hydrogens (primary N) is 1. The second kappa shape index (κ2) is 9.06. The summed E-state index contributed by atoms with van der Waals surface area (Å²) in [5.74, 6) is 0.880. The van der Waals surface area contributed by atoms with E-state index in [2.05, 4.69) is 5.32 Å². The van der Waals surface area contributed by atoms with E-state index >= 15 is 0 Å². The van der Waals surface area contributed by atoms with Crippen molar-refractivity contribution in [3.8, 4) is 5.75 Å². The molecular weight excluding hydrogens is 299 g/mol. The molecule has 6 heteroatoms. The molecule has 1 amide bonds. The molecule has 0 spiro atoms. The van der Waals surface area contributed by atoms with E-state index < -0.39 is 6.04 Å². The Morgan fingerprint density at radius 3 is 2.60 bits per heavy atom. The highest BCUT2D eigenvalue weighted by Crippen LogP contribution is 2.24. The van der Waals surface area contributed by atoms with Crippen LogP contribution in [-0.4, -0.2) is 19.1 Å². The maximum atomic E-state index is 11.8. The zero-order valence-corrected chi connectivity index (χ0v) is 13.6. The summed E-state index contributed by atoms with van der Waals surface area (Å²) in [7, 11) is 1.56. The van der Waals surface area contributed by atoms with Crippen LogP contribution in [0.15, 0.2) is 18.2 Å². The first-order chi connectivity index (χ1) is 8.93. The highest BCUT2D eigenvalue weighted by Gasteiger charge is 2.14. The summed E-state index contributed by atoms with van der Waals surface area (Å²) >= 11 is 6.01. The number of amides is 1. The van der Waals surface area contributed by atoms with E-state index in [9.17, 15) is 4.79 Å². The van der Waals surface area contributed by atoms with E-state index in [0.29, 0.717) is 29.7 Å². The minimum absolute atomic E-state index is 0. The SMILES string of the molecule is COc1ccc(CNC(=O)[C@@H](N)CC(C)C)cc1Cl.Cl. The number of nitrogens with one attached hydrogen (secondary N) is 1. The van der Waals surface area contributed by atoms with E-state index in [1.807, 2.05) is 19.9 Å². The molecule has 0 radical (unpaired) electrons. The monoisotopic (exact) mass is 320 g/mol. The maximum absolute atomic E-state index is 11.8. The topological polar surface area (TPSA) is 64.3 Å². The van der Waals surface area contributed by atoms with E-state index in [4.69, 9.17) is 22.1 Å². The molecule has 0 saturated carbocycles. The molecule has 1 aromatic rings. The number of hydrogen-bond acceptors (Lipinski definition) is 3. The Balaban J connectivity index is 0.00000361. The summed E-state index contributed by atoms with van der Waals surface area (Å²) in [6, 6.07) is 4.94. The normalized spacial score (nSPS) is 11.7. The maximum Gasteiger partial charge on any atom is 0.237 e. The van der Waals surface area contributed by atoms with Crippen LogP contribution < -0.4 is 15.8 Å². The van der Waals surface area contributed by atoms with E-state index in [1.165, 1.54) is 0 Å². The number of hydrogen-bond donors (Lipinski definition) is 2. The summed E-state index contributed by atoms with van der Waals surface area (Å²) in [6.07, 6.45) is 0.676. The Bertz CT molecular complexity index is 439. The Kier molecular flexibility index (Phi) is 8.62. The van der Waals surface area contributed by atoms with Crippen LogP contribution in [0.2, 0.25) is 5.02 Å². The van der Waals surface area contributed by atoms with Crippen molar-refractivity contribution < 1.29 is 9.53 Å². The molecule has 1 atom stereocenters. The third-order valence-electron chi connectivity index (χ3n) is 2.75. The molecule has 0 saturated heterocycles. The summed E-state index contributed by atoms with van der Waals surface area (Å²) in [6.45, 7) is 4.49. The fourth-order valence-electron chi connectivity index (χ4n) is 1.76. The van der Waals surface area contributed by atoms with Gasteiger partial charge < -0.3 is 15.8 Å². The first kappa shape index (κ1) is 19.0. The Hall–Kier alpha value is -0.970. The van der Waals surface area contributed by atoms with Gasteiger partial charge in [0.2, 0.25) is 5.91 Å². The fourth-order valence-corrected chi connectivity index (χ4v) is 2.04. The van der Waals surface area contributed by atoms with Crippen molar-refractivity contribution in [1.29, 1.82) is 0 Å². The van der Waals surface area contributed by atoms with E-state index in [-0.39, 0.29) is 18.3 Å². The molecule has 1 rings (SSSR count). The van der Waals surface area contributed by atoms with Gasteiger partial charge in [-0.1, -0.05) is 31.5 Å². The number of ether oxygens (including phenoxy) is 1. The van der Waals surface area contributed by atoms with Crippen LogP contribution in [0.4, 0.5) is 0 Å². The van der Waals surface area contributed by atoms with Crippen molar-refractivity contribution in [2.24, 2.45) is 11.7 Å². The number of carbonyl (C=O) groups is 1. The molecule has 3 N–H and O–H groups in total. The van der Waals surface area contributed by atoms with Gasteiger partial charge in [0.15, 0.2) is 0 Å². The molecule has 0 aliphatic carbocycles. The lowest BCUT2D eigenvalue weighted by atomic mass is 10.0. The average molecular weight is 321 g/mol. The Labute approximate surface area is 131 Å². The molecule has 20 heavy (non-hydrogen) atoms. The Morgan fingerprint density at radius 2 is 2.10 bits per heavy atom. The zero-order chi connectivity index (χ0) is 14.4. The number of benzene rings is 1. The van der Waals surface area contributed by atoms with Crippen LogP contribution in [0, 0.1) is 5.92 Å². The molecule has 0 aliphatic heterocycles. The smallest absolute Gasteiger partial charge is 0.237 e. The minimum atomic E-state index is -0.464. The summed E-state index contributed by atoms with van der Waals surface area (Å²) < 4.78 is 5.07. The number of rotatable bonds is 6. The lowest BCUT2D eigenvalue weighted by Crippen LogP contribution is -2.41. The van der Waals surface area contributed by atoms with Crippen LogP contribution in [0.25, 0.3) is 0 Å². The fraction of sp³-hybridized carbons (Fsp3) is 0.500. The van der Waals surface area contributed by atoms with Crippen LogP contribution in [-0.2, 0) is 11.3 Å². The third-order valence-corrected chi connectivity index (χ3v) is 3.04. The van der Waals surface area contributed by atoms with Crippen molar-refractivity contribution in [2.45, 2.75) is 32.9 Å². The molecule has 0 heterocycles. The molecule has 0 aliphatic rings. The van der Waals surface area contributed by atoms with Crippen molar-refractivity contribution >= 4 is 29.9 Å². The summed E-state index contributed by atoms with van der Waals surface area (Å²) in [4.78, 5) is 11.8. The van der Waals surface area contributed by atoms with Gasteiger partial charge in [0.25, 0.3) is 0 Å². The molecule has 114 valence electrons. The third kappa shape index (κ3) is 5.99. The second-order valence-electron chi connectivity index (χ2n) is 4.92. The van der Waals surface area contributed by atoms with Crippen LogP contribution in [0.5, 0.6) is 5.75 Å². The van der Waals surface area contributed by atoms with Crippen molar-refractivity contribution in [2.75, 3.05) is 7.11 Å². The van der Waals surface area contributed by atoms with Gasteiger partial charge in [0.1, 0.15) is 5.75 Å². The number of methoxy groups -OCH3 is 1. The van der Waals surface area contributed by atoms with Gasteiger partial charge >= 0.3 is 0 Å². The van der Waals surface area contributed by atoms with Crippen molar-refractivity contribution in [3.05, 3.63) is 28.8 Å². The van der Waals surface area contributed by atoms with Crippen LogP contribution in [0.3, 0.4) is 0 Å². The number of halogens is 2. The minimum Gasteiger partial charge on any atom is -0.495 e. The van der Waals surface area contributed by atoms with Gasteiger partial charge in [-0.2, -0.15) is 0 Å². The first-order valence-electron chi connectivity index (χ1n) is 6.29. The second-order valence-corrected chi connectivity index (χ2v) is 5.33. The summed E-state index contributed by atoms with van der Waals surface area (Å²) in [5, 5.41) is 3.33. The van der Waals surface area contributed by atoms with Gasteiger partial charge in [-0.15, -0.1) is 12.4 Å². The molecule has 4 nitrogen and oxygen atoms in total. The molecule has 1 aromatic carbocycles. The van der Waals surface area contributed by atoms with Gasteiger partial charge in [0, 0.05) is 6.54 Å². The average Bonchev–Trinajstić information content (AvgIpc) is 2.35. The van der Waals surface area contributed by atoms with Gasteiger partial charge in [-0.25, -0.2) is 0 Å². The number of carbonyl (C=O) groups excluding carboxylic acids is 1. The molecular formula is C14H22Cl2N2O2. The molecule has 0 bridgehead atoms. The zero-order valence-electron chi connectivity index (χ0n) is 12.0. The highest BCUT2D eigenvalue weighted by atomic mass is 35.5. The van der Waals surface area contributed by atoms with Crippen molar-refractivity contribution in [3.63, 3.8) is 0 Å². The van der Waals surface area contributed by atoms with E-state index in [1.54, 1.807) is 19.2 Å². The quantitative estimate of drug-likeness (QED) is 0.847. The Morgan fingerprint density at radius 1 is 1.45 bits per heavy atom. The van der Waals surface area contributed by atoms with Gasteiger partial charge in [-0.05, 0) is 30.0 Å². The largest absolute Gasteiger partial charge is 0.495 e. The van der Waals surface area contributed by atoms with Gasteiger partial charge in [-0.3, -0.25) is 4.79 Å². The molecule has 0 aromatic heterocycles. The van der Waals surface area contributed by atoms with E-state index in [0.717, 1.165) is 5.56 Å². The predicted molar refractivity (Wildman–Crippen MR) is 84.5 cm³/mol. The van der Waals surface area contributed by atoms with Crippen molar-refractivity contribution in [1.82, 2.24) is 5.32 Å². The molecule has 0 unspecified atom stereocenters. The molecule has 0 fully saturated rings. The first-order valence-corrected chi connectivity index (χ1v) is 6.67.